The van der Waals surface area contributed by atoms with Crippen LogP contribution in [0.4, 0.5) is 22.0 Å². The average molecular weight is 410 g/mol. The van der Waals surface area contributed by atoms with Crippen molar-refractivity contribution in [1.29, 1.82) is 0 Å². The Labute approximate surface area is 161 Å². The zero-order chi connectivity index (χ0) is 20.5. The van der Waals surface area contributed by atoms with E-state index in [0.29, 0.717) is 18.5 Å². The Hall–Kier alpha value is -1.38. The summed E-state index contributed by atoms with van der Waals surface area (Å²) in [5.74, 6) is -3.05. The van der Waals surface area contributed by atoms with Crippen molar-refractivity contribution in [1.82, 2.24) is 10.6 Å². The van der Waals surface area contributed by atoms with Crippen molar-refractivity contribution in [3.05, 3.63) is 11.9 Å². The number of ether oxygens (including phenoxy) is 1. The molecule has 9 heteroatoms. The van der Waals surface area contributed by atoms with Gasteiger partial charge in [0, 0.05) is 37.4 Å². The normalized spacial score (nSPS) is 38.4. The highest BCUT2D eigenvalue weighted by Gasteiger charge is 2.49. The molecule has 0 aromatic heterocycles. The second-order valence-corrected chi connectivity index (χ2v) is 8.11. The van der Waals surface area contributed by atoms with Crippen LogP contribution in [-0.2, 0) is 9.53 Å². The van der Waals surface area contributed by atoms with Crippen LogP contribution < -0.4 is 10.6 Å². The van der Waals surface area contributed by atoms with Crippen molar-refractivity contribution in [3.8, 4) is 0 Å². The van der Waals surface area contributed by atoms with Crippen molar-refractivity contribution in [2.45, 2.75) is 76.1 Å². The Bertz CT molecular complexity index is 589. The number of halogens is 5. The number of carbonyl (C=O) groups is 1. The van der Waals surface area contributed by atoms with E-state index < -0.39 is 36.3 Å². The van der Waals surface area contributed by atoms with Gasteiger partial charge in [-0.15, -0.1) is 0 Å². The highest BCUT2D eigenvalue weighted by atomic mass is 19.4. The fourth-order valence-electron chi connectivity index (χ4n) is 4.70. The number of carbonyl (C=O) groups excluding carboxylic acids is 1. The zero-order valence-electron chi connectivity index (χ0n) is 15.8. The lowest BCUT2D eigenvalue weighted by Crippen LogP contribution is -2.49. The van der Waals surface area contributed by atoms with E-state index >= 15 is 4.39 Å². The maximum absolute atomic E-state index is 15.0. The van der Waals surface area contributed by atoms with Crippen molar-refractivity contribution in [3.63, 3.8) is 0 Å². The van der Waals surface area contributed by atoms with E-state index in [-0.39, 0.29) is 50.3 Å². The van der Waals surface area contributed by atoms with Gasteiger partial charge in [0.2, 0.25) is 5.91 Å². The third kappa shape index (κ3) is 4.78. The van der Waals surface area contributed by atoms with Crippen LogP contribution in [0.25, 0.3) is 0 Å². The minimum absolute atomic E-state index is 0.0371. The first kappa shape index (κ1) is 21.3. The number of fused-ring (bicyclic) bond motifs is 1. The minimum atomic E-state index is -4.17. The molecule has 0 radical (unpaired) electrons. The van der Waals surface area contributed by atoms with Gasteiger partial charge in [-0.05, 0) is 38.5 Å². The summed E-state index contributed by atoms with van der Waals surface area (Å²) in [6.07, 6.45) is -4.70. The molecule has 160 valence electrons. The molecule has 2 fully saturated rings. The van der Waals surface area contributed by atoms with E-state index in [9.17, 15) is 22.4 Å². The summed E-state index contributed by atoms with van der Waals surface area (Å²) >= 11 is 0. The molecule has 0 saturated heterocycles. The molecule has 0 aromatic rings. The SMILES string of the molecule is CC(=O)NC1=CNC2CC(F)C(CCOC3CCC(C(F)(F)F)CC3)C(F)C12. The van der Waals surface area contributed by atoms with Crippen molar-refractivity contribution in [2.75, 3.05) is 6.61 Å². The summed E-state index contributed by atoms with van der Waals surface area (Å²) in [5.41, 5.74) is 0.438. The van der Waals surface area contributed by atoms with Crippen LogP contribution in [0.5, 0.6) is 0 Å². The lowest BCUT2D eigenvalue weighted by molar-refractivity contribution is -0.187. The first-order valence-corrected chi connectivity index (χ1v) is 9.87. The highest BCUT2D eigenvalue weighted by molar-refractivity contribution is 5.75. The van der Waals surface area contributed by atoms with Crippen LogP contribution in [0.3, 0.4) is 0 Å². The Kier molecular flexibility index (Phi) is 6.51. The molecule has 2 N–H and O–H groups in total. The van der Waals surface area contributed by atoms with Crippen molar-refractivity contribution >= 4 is 5.91 Å². The lowest BCUT2D eigenvalue weighted by atomic mass is 9.74. The van der Waals surface area contributed by atoms with Crippen LogP contribution in [-0.4, -0.2) is 43.2 Å². The van der Waals surface area contributed by atoms with E-state index in [1.807, 2.05) is 0 Å². The standard InChI is InChI=1S/C19H27F5N2O2/c1-10(27)26-16-9-25-15-8-14(20)13(18(21)17(15)16)6-7-28-12-4-2-11(3-5-12)19(22,23)24/h9,11-15,17-18,25H,2-8H2,1H3,(H,26,27). The summed E-state index contributed by atoms with van der Waals surface area (Å²) in [6, 6.07) is -0.387. The molecule has 5 atom stereocenters. The molecule has 2 saturated carbocycles. The molecule has 0 bridgehead atoms. The predicted octanol–water partition coefficient (Wildman–Crippen LogP) is 3.78. The lowest BCUT2D eigenvalue weighted by Gasteiger charge is -2.39. The fourth-order valence-corrected chi connectivity index (χ4v) is 4.70. The largest absolute Gasteiger partial charge is 0.391 e. The van der Waals surface area contributed by atoms with Gasteiger partial charge in [-0.3, -0.25) is 4.79 Å². The minimum Gasteiger partial charge on any atom is -0.386 e. The number of alkyl halides is 5. The summed E-state index contributed by atoms with van der Waals surface area (Å²) in [6.45, 7) is 1.46. The van der Waals surface area contributed by atoms with Gasteiger partial charge in [0.1, 0.15) is 12.3 Å². The topological polar surface area (TPSA) is 50.4 Å². The number of amides is 1. The van der Waals surface area contributed by atoms with Gasteiger partial charge >= 0.3 is 6.18 Å². The molecule has 0 spiro atoms. The number of rotatable bonds is 5. The van der Waals surface area contributed by atoms with Crippen molar-refractivity contribution in [2.24, 2.45) is 17.8 Å². The third-order valence-corrected chi connectivity index (χ3v) is 6.20. The van der Waals surface area contributed by atoms with Gasteiger partial charge in [-0.25, -0.2) is 8.78 Å². The fraction of sp³-hybridized carbons (Fsp3) is 0.842. The molecule has 0 aromatic carbocycles. The maximum Gasteiger partial charge on any atom is 0.391 e. The molecular formula is C19H27F5N2O2. The summed E-state index contributed by atoms with van der Waals surface area (Å²) in [4.78, 5) is 11.3. The first-order chi connectivity index (χ1) is 13.2. The second-order valence-electron chi connectivity index (χ2n) is 8.11. The van der Waals surface area contributed by atoms with Gasteiger partial charge in [0.05, 0.1) is 17.9 Å². The van der Waals surface area contributed by atoms with Gasteiger partial charge in [-0.2, -0.15) is 13.2 Å². The summed E-state index contributed by atoms with van der Waals surface area (Å²) < 4.78 is 73.3. The van der Waals surface area contributed by atoms with E-state index in [2.05, 4.69) is 10.6 Å². The second kappa shape index (κ2) is 8.55. The van der Waals surface area contributed by atoms with E-state index in [0.717, 1.165) is 0 Å². The molecule has 28 heavy (non-hydrogen) atoms. The molecule has 3 aliphatic rings. The summed E-state index contributed by atoms with van der Waals surface area (Å²) in [7, 11) is 0. The zero-order valence-corrected chi connectivity index (χ0v) is 15.8. The summed E-state index contributed by atoms with van der Waals surface area (Å²) in [5, 5.41) is 5.54. The first-order valence-electron chi connectivity index (χ1n) is 9.87. The molecule has 4 nitrogen and oxygen atoms in total. The van der Waals surface area contributed by atoms with Gasteiger partial charge < -0.3 is 15.4 Å². The molecule has 2 aliphatic carbocycles. The van der Waals surface area contributed by atoms with Crippen LogP contribution >= 0.6 is 0 Å². The van der Waals surface area contributed by atoms with Gasteiger partial charge in [-0.1, -0.05) is 0 Å². The number of hydrogen-bond donors (Lipinski definition) is 2. The monoisotopic (exact) mass is 410 g/mol. The quantitative estimate of drug-likeness (QED) is 0.679. The molecule has 1 aliphatic heterocycles. The average Bonchev–Trinajstić information content (AvgIpc) is 2.99. The Balaban J connectivity index is 1.48. The maximum atomic E-state index is 15.0. The van der Waals surface area contributed by atoms with E-state index in [1.165, 1.54) is 13.1 Å². The highest BCUT2D eigenvalue weighted by Crippen LogP contribution is 2.42. The molecule has 1 amide bonds. The molecular weight excluding hydrogens is 383 g/mol. The number of hydrogen-bond acceptors (Lipinski definition) is 3. The Morgan fingerprint density at radius 3 is 2.54 bits per heavy atom. The van der Waals surface area contributed by atoms with E-state index in [1.54, 1.807) is 0 Å². The number of nitrogens with one attached hydrogen (secondary N) is 2. The molecule has 3 rings (SSSR count). The molecule has 1 heterocycles. The van der Waals surface area contributed by atoms with Crippen LogP contribution in [0.1, 0.15) is 45.4 Å². The van der Waals surface area contributed by atoms with Crippen LogP contribution in [0.15, 0.2) is 11.9 Å². The smallest absolute Gasteiger partial charge is 0.386 e. The van der Waals surface area contributed by atoms with Crippen LogP contribution in [0.2, 0.25) is 0 Å². The third-order valence-electron chi connectivity index (χ3n) is 6.20. The Morgan fingerprint density at radius 2 is 1.93 bits per heavy atom. The van der Waals surface area contributed by atoms with Crippen molar-refractivity contribution < 1.29 is 31.5 Å². The van der Waals surface area contributed by atoms with Gasteiger partial charge in [0.15, 0.2) is 0 Å². The molecule has 5 unspecified atom stereocenters. The van der Waals surface area contributed by atoms with Crippen LogP contribution in [0, 0.1) is 17.8 Å². The predicted molar refractivity (Wildman–Crippen MR) is 92.6 cm³/mol. The Morgan fingerprint density at radius 1 is 1.25 bits per heavy atom. The van der Waals surface area contributed by atoms with Gasteiger partial charge in [0.25, 0.3) is 0 Å². The van der Waals surface area contributed by atoms with E-state index in [4.69, 9.17) is 4.74 Å².